The molecule has 2 rings (SSSR count). The van der Waals surface area contributed by atoms with E-state index in [1.54, 1.807) is 11.0 Å². The summed E-state index contributed by atoms with van der Waals surface area (Å²) < 4.78 is 1.72. The monoisotopic (exact) mass is 253 g/mol. The first-order valence-electron chi connectivity index (χ1n) is 5.93. The lowest BCUT2D eigenvalue weighted by molar-refractivity contribution is 0.503. The Morgan fingerprint density at radius 2 is 2.47 bits per heavy atom. The molecule has 0 radical (unpaired) electrons. The molecule has 1 aliphatic heterocycles. The molecule has 17 heavy (non-hydrogen) atoms. The second kappa shape index (κ2) is 5.53. The molecule has 0 saturated carbocycles. The molecule has 1 N–H and O–H groups in total. The Hall–Kier alpha value is -1.04. The molecule has 1 aromatic rings. The van der Waals surface area contributed by atoms with E-state index in [1.165, 1.54) is 0 Å². The first kappa shape index (κ1) is 12.4. The fourth-order valence-corrected chi connectivity index (χ4v) is 2.84. The van der Waals surface area contributed by atoms with Crippen molar-refractivity contribution >= 4 is 16.9 Å². The summed E-state index contributed by atoms with van der Waals surface area (Å²) in [7, 11) is 1.88. The number of amidine groups is 1. The Morgan fingerprint density at radius 3 is 3.06 bits per heavy atom. The molecule has 0 spiro atoms. The third-order valence-corrected chi connectivity index (χ3v) is 3.80. The Bertz CT molecular complexity index is 398. The number of thioether (sulfide) groups is 1. The normalized spacial score (nSPS) is 22.4. The van der Waals surface area contributed by atoms with Gasteiger partial charge in [0.1, 0.15) is 6.33 Å². The van der Waals surface area contributed by atoms with Gasteiger partial charge in [0, 0.05) is 31.8 Å². The molecule has 1 unspecified atom stereocenters. The molecule has 1 fully saturated rings. The van der Waals surface area contributed by atoms with Crippen LogP contribution in [0.2, 0.25) is 0 Å². The molecule has 2 heterocycles. The molecule has 5 nitrogen and oxygen atoms in total. The third-order valence-electron chi connectivity index (χ3n) is 2.75. The Kier molecular flexibility index (Phi) is 4.04. The Morgan fingerprint density at radius 1 is 1.65 bits per heavy atom. The molecule has 94 valence electrons. The maximum atomic E-state index is 4.54. The quantitative estimate of drug-likeness (QED) is 0.872. The standard InChI is InChI=1S/C11H19N5S/c1-8(2)9-6-17-11(14-9)12-5-4-10-13-7-16(3)15-10/h7-9H,4-6H2,1-3H3,(H,12,14). The predicted octanol–water partition coefficient (Wildman–Crippen LogP) is 1.07. The number of hydrogen-bond acceptors (Lipinski definition) is 4. The number of rotatable bonds is 4. The number of hydrogen-bond donors (Lipinski definition) is 1. The van der Waals surface area contributed by atoms with Crippen LogP contribution in [-0.2, 0) is 13.5 Å². The van der Waals surface area contributed by atoms with Gasteiger partial charge in [-0.3, -0.25) is 9.67 Å². The van der Waals surface area contributed by atoms with Crippen molar-refractivity contribution in [2.45, 2.75) is 26.3 Å². The van der Waals surface area contributed by atoms with Crippen molar-refractivity contribution in [3.05, 3.63) is 12.2 Å². The van der Waals surface area contributed by atoms with Gasteiger partial charge in [0.15, 0.2) is 11.0 Å². The Balaban J connectivity index is 1.78. The fraction of sp³-hybridized carbons (Fsp3) is 0.727. The van der Waals surface area contributed by atoms with Crippen molar-refractivity contribution in [1.82, 2.24) is 20.1 Å². The van der Waals surface area contributed by atoms with Crippen LogP contribution in [-0.4, -0.2) is 38.3 Å². The van der Waals surface area contributed by atoms with E-state index in [9.17, 15) is 0 Å². The van der Waals surface area contributed by atoms with Gasteiger partial charge in [-0.2, -0.15) is 5.10 Å². The third kappa shape index (κ3) is 3.46. The average molecular weight is 253 g/mol. The summed E-state index contributed by atoms with van der Waals surface area (Å²) in [6.07, 6.45) is 2.53. The zero-order valence-electron chi connectivity index (χ0n) is 10.6. The minimum absolute atomic E-state index is 0.562. The van der Waals surface area contributed by atoms with Crippen molar-refractivity contribution in [3.63, 3.8) is 0 Å². The first-order valence-corrected chi connectivity index (χ1v) is 6.92. The number of aromatic nitrogens is 3. The zero-order valence-corrected chi connectivity index (χ0v) is 11.4. The van der Waals surface area contributed by atoms with Crippen molar-refractivity contribution in [1.29, 1.82) is 0 Å². The molecular weight excluding hydrogens is 234 g/mol. The topological polar surface area (TPSA) is 55.1 Å². The molecule has 6 heteroatoms. The number of nitrogens with zero attached hydrogens (tertiary/aromatic N) is 4. The number of nitrogens with one attached hydrogen (secondary N) is 1. The maximum absolute atomic E-state index is 4.54. The molecule has 1 atom stereocenters. The lowest BCUT2D eigenvalue weighted by Gasteiger charge is -2.12. The van der Waals surface area contributed by atoms with Crippen molar-refractivity contribution in [2.24, 2.45) is 18.0 Å². The fourth-order valence-electron chi connectivity index (χ4n) is 1.62. The van der Waals surface area contributed by atoms with Crippen LogP contribution in [0.4, 0.5) is 0 Å². The van der Waals surface area contributed by atoms with E-state index in [0.29, 0.717) is 12.0 Å². The highest BCUT2D eigenvalue weighted by Crippen LogP contribution is 2.18. The summed E-state index contributed by atoms with van der Waals surface area (Å²) in [6, 6.07) is 0.562. The van der Waals surface area contributed by atoms with E-state index in [1.807, 2.05) is 18.8 Å². The average Bonchev–Trinajstić information content (AvgIpc) is 2.88. The molecule has 0 aromatic carbocycles. The molecular formula is C11H19N5S. The number of aryl methyl sites for hydroxylation is 1. The van der Waals surface area contributed by atoms with E-state index in [2.05, 4.69) is 34.2 Å². The van der Waals surface area contributed by atoms with E-state index >= 15 is 0 Å². The summed E-state index contributed by atoms with van der Waals surface area (Å²) in [5.74, 6) is 2.64. The van der Waals surface area contributed by atoms with Crippen LogP contribution in [0.1, 0.15) is 19.7 Å². The lowest BCUT2D eigenvalue weighted by atomic mass is 10.1. The van der Waals surface area contributed by atoms with Gasteiger partial charge in [-0.1, -0.05) is 25.6 Å². The maximum Gasteiger partial charge on any atom is 0.156 e. The molecule has 1 aromatic heterocycles. The molecule has 0 aliphatic carbocycles. The van der Waals surface area contributed by atoms with Gasteiger partial charge in [-0.15, -0.1) is 0 Å². The molecule has 0 amide bonds. The minimum Gasteiger partial charge on any atom is -0.361 e. The zero-order chi connectivity index (χ0) is 12.3. The highest BCUT2D eigenvalue weighted by Gasteiger charge is 2.22. The van der Waals surface area contributed by atoms with E-state index in [0.717, 1.165) is 29.7 Å². The highest BCUT2D eigenvalue weighted by atomic mass is 32.2. The van der Waals surface area contributed by atoms with E-state index in [-0.39, 0.29) is 0 Å². The van der Waals surface area contributed by atoms with Crippen LogP contribution >= 0.6 is 11.8 Å². The van der Waals surface area contributed by atoms with Crippen LogP contribution in [0.3, 0.4) is 0 Å². The van der Waals surface area contributed by atoms with Crippen molar-refractivity contribution in [3.8, 4) is 0 Å². The van der Waals surface area contributed by atoms with Gasteiger partial charge < -0.3 is 5.32 Å². The van der Waals surface area contributed by atoms with Gasteiger partial charge >= 0.3 is 0 Å². The summed E-state index contributed by atoms with van der Waals surface area (Å²) >= 11 is 1.81. The van der Waals surface area contributed by atoms with E-state index in [4.69, 9.17) is 0 Å². The lowest BCUT2D eigenvalue weighted by Crippen LogP contribution is -2.31. The summed E-state index contributed by atoms with van der Waals surface area (Å²) in [4.78, 5) is 8.72. The van der Waals surface area contributed by atoms with Crippen molar-refractivity contribution < 1.29 is 0 Å². The predicted molar refractivity (Wildman–Crippen MR) is 71.2 cm³/mol. The summed E-state index contributed by atoms with van der Waals surface area (Å²) in [6.45, 7) is 5.22. The van der Waals surface area contributed by atoms with Crippen LogP contribution in [0.15, 0.2) is 11.3 Å². The SMILES string of the molecule is CC(C)C1CSC(=NCCc2ncn(C)n2)N1. The van der Waals surface area contributed by atoms with Gasteiger partial charge in [-0.25, -0.2) is 4.98 Å². The summed E-state index contributed by atoms with van der Waals surface area (Å²) in [5.41, 5.74) is 0. The molecule has 1 aliphatic rings. The second-order valence-electron chi connectivity index (χ2n) is 4.58. The van der Waals surface area contributed by atoms with Crippen LogP contribution in [0.5, 0.6) is 0 Å². The minimum atomic E-state index is 0.562. The number of aliphatic imine (C=N–C) groups is 1. The van der Waals surface area contributed by atoms with Gasteiger partial charge in [0.05, 0.1) is 0 Å². The van der Waals surface area contributed by atoms with Gasteiger partial charge in [-0.05, 0) is 5.92 Å². The first-order chi connectivity index (χ1) is 8.15. The van der Waals surface area contributed by atoms with Gasteiger partial charge in [0.2, 0.25) is 0 Å². The van der Waals surface area contributed by atoms with Gasteiger partial charge in [0.25, 0.3) is 0 Å². The van der Waals surface area contributed by atoms with E-state index < -0.39 is 0 Å². The van der Waals surface area contributed by atoms with Crippen molar-refractivity contribution in [2.75, 3.05) is 12.3 Å². The van der Waals surface area contributed by atoms with Crippen LogP contribution in [0, 0.1) is 5.92 Å². The smallest absolute Gasteiger partial charge is 0.156 e. The molecule has 1 saturated heterocycles. The summed E-state index contributed by atoms with van der Waals surface area (Å²) in [5, 5.41) is 8.74. The second-order valence-corrected chi connectivity index (χ2v) is 5.59. The van der Waals surface area contributed by atoms with Crippen LogP contribution in [0.25, 0.3) is 0 Å². The van der Waals surface area contributed by atoms with Crippen LogP contribution < -0.4 is 5.32 Å². The Labute approximate surface area is 106 Å². The highest BCUT2D eigenvalue weighted by molar-refractivity contribution is 8.14. The molecule has 0 bridgehead atoms. The largest absolute Gasteiger partial charge is 0.361 e.